The van der Waals surface area contributed by atoms with E-state index >= 15 is 0 Å². The van der Waals surface area contributed by atoms with Crippen molar-refractivity contribution in [3.05, 3.63) is 62.9 Å². The summed E-state index contributed by atoms with van der Waals surface area (Å²) in [6.45, 7) is 5.05. The van der Waals surface area contributed by atoms with Crippen LogP contribution in [0.15, 0.2) is 53.0 Å². The lowest BCUT2D eigenvalue weighted by atomic mass is 10.1. The molecule has 7 heteroatoms. The monoisotopic (exact) mass is 449 g/mol. The molecule has 0 spiro atoms. The third kappa shape index (κ3) is 5.76. The van der Waals surface area contributed by atoms with Gasteiger partial charge in [-0.25, -0.2) is 0 Å². The molecule has 1 aromatic carbocycles. The van der Waals surface area contributed by atoms with E-state index in [9.17, 15) is 0 Å². The van der Waals surface area contributed by atoms with E-state index in [2.05, 4.69) is 39.6 Å². The van der Waals surface area contributed by atoms with E-state index in [-0.39, 0.29) is 6.10 Å². The zero-order valence-corrected chi connectivity index (χ0v) is 18.6. The fourth-order valence-corrected chi connectivity index (χ4v) is 4.67. The van der Waals surface area contributed by atoms with Crippen molar-refractivity contribution in [2.75, 3.05) is 32.8 Å². The van der Waals surface area contributed by atoms with Crippen LogP contribution in [0.1, 0.15) is 24.1 Å². The Morgan fingerprint density at radius 2 is 1.97 bits per heavy atom. The number of hydrogen-bond acceptors (Lipinski definition) is 5. The second-order valence-electron chi connectivity index (χ2n) is 7.38. The lowest BCUT2D eigenvalue weighted by molar-refractivity contribution is 0.0986. The number of allylic oxidation sites excluding steroid dienone is 1. The maximum atomic E-state index is 6.08. The van der Waals surface area contributed by atoms with E-state index in [4.69, 9.17) is 32.9 Å². The molecule has 2 aromatic rings. The standard InChI is InChI=1S/C22H25Cl2N3OS/c23-19-5-4-18(15-20(19)24)28-17-6-11-26(12-7-17)9-2-10-27-13-8-21(25-16-27)22-3-1-14-29-22/h1,3-5,8,13-15,17H,2,6-7,9-12,16H2. The Hall–Kier alpha value is -1.53. The van der Waals surface area contributed by atoms with Crippen LogP contribution in [0.5, 0.6) is 5.75 Å². The van der Waals surface area contributed by atoms with Gasteiger partial charge in [0.2, 0.25) is 0 Å². The summed E-state index contributed by atoms with van der Waals surface area (Å²) in [6, 6.07) is 9.67. The predicted octanol–water partition coefficient (Wildman–Crippen LogP) is 5.56. The van der Waals surface area contributed by atoms with E-state index in [1.807, 2.05) is 6.07 Å². The van der Waals surface area contributed by atoms with Crippen LogP contribution in [0, 0.1) is 0 Å². The molecule has 154 valence electrons. The third-order valence-corrected chi connectivity index (χ3v) is 6.92. The summed E-state index contributed by atoms with van der Waals surface area (Å²) in [7, 11) is 0. The van der Waals surface area contributed by atoms with Crippen molar-refractivity contribution in [1.29, 1.82) is 0 Å². The van der Waals surface area contributed by atoms with Crippen LogP contribution >= 0.6 is 34.5 Å². The van der Waals surface area contributed by atoms with E-state index in [0.717, 1.165) is 63.6 Å². The quantitative estimate of drug-likeness (QED) is 0.553. The molecule has 0 N–H and O–H groups in total. The summed E-state index contributed by atoms with van der Waals surface area (Å²) in [5.74, 6) is 0.803. The molecule has 3 heterocycles. The maximum absolute atomic E-state index is 6.08. The smallest absolute Gasteiger partial charge is 0.121 e. The lowest BCUT2D eigenvalue weighted by Gasteiger charge is -2.32. The van der Waals surface area contributed by atoms with Crippen LogP contribution in [0.4, 0.5) is 0 Å². The Bertz CT molecular complexity index is 861. The van der Waals surface area contributed by atoms with Crippen LogP contribution in [-0.4, -0.2) is 54.5 Å². The third-order valence-electron chi connectivity index (χ3n) is 5.29. The number of aliphatic imine (C=N–C) groups is 1. The van der Waals surface area contributed by atoms with Crippen molar-refractivity contribution in [3.8, 4) is 5.75 Å². The van der Waals surface area contributed by atoms with Gasteiger partial charge in [0, 0.05) is 31.9 Å². The maximum Gasteiger partial charge on any atom is 0.121 e. The zero-order valence-electron chi connectivity index (χ0n) is 16.3. The largest absolute Gasteiger partial charge is 0.490 e. The summed E-state index contributed by atoms with van der Waals surface area (Å²) >= 11 is 13.8. The summed E-state index contributed by atoms with van der Waals surface area (Å²) in [6.07, 6.45) is 7.78. The molecule has 2 aliphatic heterocycles. The zero-order chi connectivity index (χ0) is 20.1. The number of ether oxygens (including phenoxy) is 1. The molecule has 0 atom stereocenters. The molecule has 29 heavy (non-hydrogen) atoms. The Morgan fingerprint density at radius 3 is 2.66 bits per heavy atom. The van der Waals surface area contributed by atoms with E-state index < -0.39 is 0 Å². The molecule has 0 unspecified atom stereocenters. The van der Waals surface area contributed by atoms with Crippen LogP contribution in [0.2, 0.25) is 10.0 Å². The van der Waals surface area contributed by atoms with Gasteiger partial charge in [-0.15, -0.1) is 11.3 Å². The Balaban J connectivity index is 1.14. The second kappa shape index (κ2) is 9.98. The minimum Gasteiger partial charge on any atom is -0.490 e. The normalized spacial score (nSPS) is 18.1. The van der Waals surface area contributed by atoms with E-state index in [0.29, 0.717) is 10.0 Å². The number of thiophene rings is 1. The van der Waals surface area contributed by atoms with Gasteiger partial charge in [0.25, 0.3) is 0 Å². The molecule has 0 radical (unpaired) electrons. The van der Waals surface area contributed by atoms with Crippen molar-refractivity contribution in [3.63, 3.8) is 0 Å². The van der Waals surface area contributed by atoms with Gasteiger partial charge in [-0.2, -0.15) is 0 Å². The Labute approximate surface area is 186 Å². The first-order valence-electron chi connectivity index (χ1n) is 10.0. The van der Waals surface area contributed by atoms with E-state index in [1.54, 1.807) is 23.5 Å². The van der Waals surface area contributed by atoms with Crippen molar-refractivity contribution in [2.24, 2.45) is 4.99 Å². The van der Waals surface area contributed by atoms with Crippen LogP contribution in [-0.2, 0) is 0 Å². The molecule has 1 aromatic heterocycles. The summed E-state index contributed by atoms with van der Waals surface area (Å²) in [4.78, 5) is 10.8. The highest BCUT2D eigenvalue weighted by molar-refractivity contribution is 7.12. The molecule has 0 amide bonds. The highest BCUT2D eigenvalue weighted by atomic mass is 35.5. The SMILES string of the molecule is Clc1ccc(OC2CCN(CCCN3C=CC(c4cccs4)=NC3)CC2)cc1Cl. The number of piperidine rings is 1. The average Bonchev–Trinajstić information content (AvgIpc) is 3.28. The number of nitrogens with zero attached hydrogens (tertiary/aromatic N) is 3. The van der Waals surface area contributed by atoms with Gasteiger partial charge in [0.05, 0.1) is 20.6 Å². The van der Waals surface area contributed by atoms with Gasteiger partial charge in [-0.1, -0.05) is 29.3 Å². The summed E-state index contributed by atoms with van der Waals surface area (Å²) in [5.41, 5.74) is 1.10. The lowest BCUT2D eigenvalue weighted by Crippen LogP contribution is -2.39. The van der Waals surface area contributed by atoms with Gasteiger partial charge < -0.3 is 14.5 Å². The number of rotatable bonds is 7. The van der Waals surface area contributed by atoms with Crippen molar-refractivity contribution in [1.82, 2.24) is 9.80 Å². The molecule has 0 aliphatic carbocycles. The molecule has 2 aliphatic rings. The summed E-state index contributed by atoms with van der Waals surface area (Å²) < 4.78 is 6.08. The molecule has 1 fully saturated rings. The molecule has 4 rings (SSSR count). The summed E-state index contributed by atoms with van der Waals surface area (Å²) in [5, 5.41) is 3.20. The van der Waals surface area contributed by atoms with Gasteiger partial charge in [0.15, 0.2) is 0 Å². The number of likely N-dealkylation sites (tertiary alicyclic amines) is 1. The Morgan fingerprint density at radius 1 is 1.10 bits per heavy atom. The van der Waals surface area contributed by atoms with Crippen LogP contribution in [0.25, 0.3) is 0 Å². The number of benzene rings is 1. The number of hydrogen-bond donors (Lipinski definition) is 0. The predicted molar refractivity (Wildman–Crippen MR) is 123 cm³/mol. The van der Waals surface area contributed by atoms with Crippen molar-refractivity contribution < 1.29 is 4.74 Å². The molecule has 0 bridgehead atoms. The molecule has 0 saturated carbocycles. The van der Waals surface area contributed by atoms with Gasteiger partial charge in [0.1, 0.15) is 18.5 Å². The fraction of sp³-hybridized carbons (Fsp3) is 0.409. The highest BCUT2D eigenvalue weighted by Crippen LogP contribution is 2.28. The van der Waals surface area contributed by atoms with Crippen LogP contribution < -0.4 is 4.74 Å². The number of halogens is 2. The first-order chi connectivity index (χ1) is 14.2. The van der Waals surface area contributed by atoms with Crippen LogP contribution in [0.3, 0.4) is 0 Å². The van der Waals surface area contributed by atoms with Gasteiger partial charge >= 0.3 is 0 Å². The van der Waals surface area contributed by atoms with E-state index in [1.165, 1.54) is 4.88 Å². The average molecular weight is 450 g/mol. The fourth-order valence-electron chi connectivity index (χ4n) is 3.66. The van der Waals surface area contributed by atoms with Gasteiger partial charge in [-0.05, 0) is 55.5 Å². The molecular weight excluding hydrogens is 425 g/mol. The first-order valence-corrected chi connectivity index (χ1v) is 11.7. The first kappa shape index (κ1) is 20.7. The second-order valence-corrected chi connectivity index (χ2v) is 9.14. The molecule has 1 saturated heterocycles. The Kier molecular flexibility index (Phi) is 7.14. The van der Waals surface area contributed by atoms with Gasteiger partial charge in [-0.3, -0.25) is 4.99 Å². The minimum atomic E-state index is 0.249. The topological polar surface area (TPSA) is 28.1 Å². The molecular formula is C22H25Cl2N3OS. The molecule has 4 nitrogen and oxygen atoms in total. The van der Waals surface area contributed by atoms with Crippen molar-refractivity contribution in [2.45, 2.75) is 25.4 Å². The van der Waals surface area contributed by atoms with Crippen molar-refractivity contribution >= 4 is 40.3 Å². The highest BCUT2D eigenvalue weighted by Gasteiger charge is 2.20. The minimum absolute atomic E-state index is 0.249.